The Kier molecular flexibility index (Phi) is 6.00. The maximum absolute atomic E-state index is 11.7. The molecule has 0 heterocycles. The van der Waals surface area contributed by atoms with Crippen LogP contribution < -0.4 is 10.5 Å². The molecule has 0 atom stereocenters. The van der Waals surface area contributed by atoms with Crippen molar-refractivity contribution >= 4 is 11.7 Å². The molecule has 5 nitrogen and oxygen atoms in total. The summed E-state index contributed by atoms with van der Waals surface area (Å²) in [5.74, 6) is 0.156. The van der Waals surface area contributed by atoms with Crippen molar-refractivity contribution in [3.8, 4) is 5.75 Å². The summed E-state index contributed by atoms with van der Waals surface area (Å²) in [4.78, 5) is 11.7. The van der Waals surface area contributed by atoms with Crippen molar-refractivity contribution < 1.29 is 19.0 Å². The first-order valence-electron chi connectivity index (χ1n) is 5.87. The Hall–Kier alpha value is -1.75. The van der Waals surface area contributed by atoms with Gasteiger partial charge >= 0.3 is 5.97 Å². The lowest BCUT2D eigenvalue weighted by molar-refractivity contribution is 0.0452. The molecule has 0 fully saturated rings. The third-order valence-corrected chi connectivity index (χ3v) is 2.34. The van der Waals surface area contributed by atoms with Crippen LogP contribution in [0.4, 0.5) is 5.69 Å². The highest BCUT2D eigenvalue weighted by Crippen LogP contribution is 2.22. The molecule has 1 rings (SSSR count). The minimum Gasteiger partial charge on any atom is -0.495 e. The van der Waals surface area contributed by atoms with Crippen LogP contribution in [-0.2, 0) is 9.47 Å². The zero-order valence-electron chi connectivity index (χ0n) is 10.8. The summed E-state index contributed by atoms with van der Waals surface area (Å²) in [6.45, 7) is 3.52. The molecular formula is C13H19NO4. The molecule has 0 radical (unpaired) electrons. The molecule has 0 saturated heterocycles. The van der Waals surface area contributed by atoms with Crippen LogP contribution in [0.2, 0.25) is 0 Å². The van der Waals surface area contributed by atoms with E-state index in [1.807, 2.05) is 6.92 Å². The topological polar surface area (TPSA) is 70.8 Å². The zero-order valence-corrected chi connectivity index (χ0v) is 10.8. The minimum atomic E-state index is -0.388. The molecule has 18 heavy (non-hydrogen) atoms. The van der Waals surface area contributed by atoms with E-state index in [4.69, 9.17) is 19.9 Å². The van der Waals surface area contributed by atoms with Crippen LogP contribution in [-0.4, -0.2) is 32.9 Å². The fraction of sp³-hybridized carbons (Fsp3) is 0.462. The molecule has 0 aliphatic rings. The number of hydrogen-bond donors (Lipinski definition) is 1. The number of carbonyl (C=O) groups excluding carboxylic acids is 1. The molecular weight excluding hydrogens is 234 g/mol. The summed E-state index contributed by atoms with van der Waals surface area (Å²) in [6, 6.07) is 4.82. The minimum absolute atomic E-state index is 0.338. The number of carbonyl (C=O) groups is 1. The third kappa shape index (κ3) is 4.25. The highest BCUT2D eigenvalue weighted by molar-refractivity contribution is 5.91. The van der Waals surface area contributed by atoms with Crippen molar-refractivity contribution in [1.82, 2.24) is 0 Å². The monoisotopic (exact) mass is 253 g/mol. The van der Waals surface area contributed by atoms with Crippen LogP contribution in [0.1, 0.15) is 23.7 Å². The molecule has 1 aromatic carbocycles. The number of anilines is 1. The molecule has 0 aliphatic carbocycles. The quantitative estimate of drug-likeness (QED) is 0.456. The lowest BCUT2D eigenvalue weighted by Gasteiger charge is -2.07. The normalized spacial score (nSPS) is 10.1. The number of benzene rings is 1. The van der Waals surface area contributed by atoms with Crippen molar-refractivity contribution in [2.75, 3.05) is 32.7 Å². The zero-order chi connectivity index (χ0) is 13.4. The Morgan fingerprint density at radius 3 is 2.72 bits per heavy atom. The summed E-state index contributed by atoms with van der Waals surface area (Å²) in [6.07, 6.45) is 0.686. The van der Waals surface area contributed by atoms with E-state index in [0.29, 0.717) is 43.2 Å². The van der Waals surface area contributed by atoms with E-state index in [1.165, 1.54) is 7.11 Å². The molecule has 2 N–H and O–H groups in total. The average Bonchev–Trinajstić information content (AvgIpc) is 2.38. The van der Waals surface area contributed by atoms with Crippen LogP contribution in [0.3, 0.4) is 0 Å². The van der Waals surface area contributed by atoms with Crippen molar-refractivity contribution in [2.45, 2.75) is 13.3 Å². The van der Waals surface area contributed by atoms with Crippen molar-refractivity contribution in [3.05, 3.63) is 23.8 Å². The van der Waals surface area contributed by atoms with E-state index in [-0.39, 0.29) is 5.97 Å². The van der Waals surface area contributed by atoms with Gasteiger partial charge in [0.25, 0.3) is 0 Å². The molecule has 100 valence electrons. The summed E-state index contributed by atoms with van der Waals surface area (Å²) in [7, 11) is 1.53. The molecule has 0 amide bonds. The molecule has 5 heteroatoms. The van der Waals surface area contributed by atoms with Crippen LogP contribution >= 0.6 is 0 Å². The van der Waals surface area contributed by atoms with Gasteiger partial charge in [-0.3, -0.25) is 0 Å². The number of esters is 1. The third-order valence-electron chi connectivity index (χ3n) is 2.34. The fourth-order valence-electron chi connectivity index (χ4n) is 1.41. The average molecular weight is 253 g/mol. The second-order valence-electron chi connectivity index (χ2n) is 3.64. The Balaban J connectivity index is 2.44. The predicted octanol–water partition coefficient (Wildman–Crippen LogP) is 1.86. The number of nitrogen functional groups attached to an aromatic ring is 1. The summed E-state index contributed by atoms with van der Waals surface area (Å²) >= 11 is 0. The molecule has 0 bridgehead atoms. The number of rotatable bonds is 7. The molecule has 0 aromatic heterocycles. The number of methoxy groups -OCH3 is 1. The first-order valence-corrected chi connectivity index (χ1v) is 5.87. The first kappa shape index (κ1) is 14.3. The lowest BCUT2D eigenvalue weighted by atomic mass is 10.2. The molecule has 0 aliphatic heterocycles. The number of ether oxygens (including phenoxy) is 3. The van der Waals surface area contributed by atoms with Gasteiger partial charge in [0.05, 0.1) is 25.0 Å². The van der Waals surface area contributed by atoms with Gasteiger partial charge in [0.2, 0.25) is 0 Å². The Bertz CT molecular complexity index is 393. The maximum atomic E-state index is 11.7. The summed E-state index contributed by atoms with van der Waals surface area (Å²) in [5.41, 5.74) is 6.55. The standard InChI is InChI=1S/C13H19NO4/c1-3-17-7-4-8-18-13(15)10-5-6-12(16-2)11(14)9-10/h5-6,9H,3-4,7-8,14H2,1-2H3. The number of hydrogen-bond acceptors (Lipinski definition) is 5. The van der Waals surface area contributed by atoms with Gasteiger partial charge < -0.3 is 19.9 Å². The smallest absolute Gasteiger partial charge is 0.338 e. The van der Waals surface area contributed by atoms with E-state index in [9.17, 15) is 4.79 Å². The van der Waals surface area contributed by atoms with Crippen LogP contribution in [0.25, 0.3) is 0 Å². The second kappa shape index (κ2) is 7.55. The molecule has 0 spiro atoms. The van der Waals surface area contributed by atoms with Gasteiger partial charge in [-0.1, -0.05) is 0 Å². The van der Waals surface area contributed by atoms with Gasteiger partial charge in [-0.05, 0) is 25.1 Å². The SMILES string of the molecule is CCOCCCOC(=O)c1ccc(OC)c(N)c1. The lowest BCUT2D eigenvalue weighted by Crippen LogP contribution is -2.09. The largest absolute Gasteiger partial charge is 0.495 e. The Morgan fingerprint density at radius 1 is 1.33 bits per heavy atom. The second-order valence-corrected chi connectivity index (χ2v) is 3.64. The van der Waals surface area contributed by atoms with Crippen molar-refractivity contribution in [1.29, 1.82) is 0 Å². The Morgan fingerprint density at radius 2 is 2.11 bits per heavy atom. The van der Waals surface area contributed by atoms with E-state index >= 15 is 0 Å². The molecule has 1 aromatic rings. The van der Waals surface area contributed by atoms with Crippen LogP contribution in [0, 0.1) is 0 Å². The highest BCUT2D eigenvalue weighted by Gasteiger charge is 2.09. The fourth-order valence-corrected chi connectivity index (χ4v) is 1.41. The maximum Gasteiger partial charge on any atom is 0.338 e. The van der Waals surface area contributed by atoms with Gasteiger partial charge in [0.1, 0.15) is 5.75 Å². The first-order chi connectivity index (χ1) is 8.69. The van der Waals surface area contributed by atoms with E-state index in [1.54, 1.807) is 18.2 Å². The summed E-state index contributed by atoms with van der Waals surface area (Å²) < 4.78 is 15.2. The van der Waals surface area contributed by atoms with Gasteiger partial charge in [0.15, 0.2) is 0 Å². The number of nitrogens with two attached hydrogens (primary N) is 1. The predicted molar refractivity (Wildman–Crippen MR) is 68.8 cm³/mol. The van der Waals surface area contributed by atoms with E-state index < -0.39 is 0 Å². The van der Waals surface area contributed by atoms with Crippen molar-refractivity contribution in [2.24, 2.45) is 0 Å². The van der Waals surface area contributed by atoms with Crippen LogP contribution in [0.15, 0.2) is 18.2 Å². The van der Waals surface area contributed by atoms with Crippen LogP contribution in [0.5, 0.6) is 5.75 Å². The molecule has 0 unspecified atom stereocenters. The highest BCUT2D eigenvalue weighted by atomic mass is 16.5. The van der Waals surface area contributed by atoms with Gasteiger partial charge in [-0.15, -0.1) is 0 Å². The van der Waals surface area contributed by atoms with Crippen molar-refractivity contribution in [3.63, 3.8) is 0 Å². The van der Waals surface area contributed by atoms with E-state index in [0.717, 1.165) is 0 Å². The van der Waals surface area contributed by atoms with E-state index in [2.05, 4.69) is 0 Å². The van der Waals surface area contributed by atoms with Gasteiger partial charge in [-0.25, -0.2) is 4.79 Å². The Labute approximate surface area is 107 Å². The van der Waals surface area contributed by atoms with Gasteiger partial charge in [0, 0.05) is 19.6 Å². The summed E-state index contributed by atoms with van der Waals surface area (Å²) in [5, 5.41) is 0. The molecule has 0 saturated carbocycles. The van der Waals surface area contributed by atoms with Gasteiger partial charge in [-0.2, -0.15) is 0 Å².